The molecule has 0 aliphatic heterocycles. The molecule has 7 nitrogen and oxygen atoms in total. The van der Waals surface area contributed by atoms with E-state index in [1.54, 1.807) is 60.7 Å². The van der Waals surface area contributed by atoms with E-state index in [-0.39, 0.29) is 5.69 Å². The van der Waals surface area contributed by atoms with Gasteiger partial charge in [-0.1, -0.05) is 24.3 Å². The van der Waals surface area contributed by atoms with Gasteiger partial charge in [0.2, 0.25) is 0 Å². The lowest BCUT2D eigenvalue weighted by atomic mass is 10.2. The molecule has 0 aliphatic rings. The second kappa shape index (κ2) is 9.80. The molecule has 3 aromatic rings. The van der Waals surface area contributed by atoms with Crippen LogP contribution in [0.25, 0.3) is 0 Å². The van der Waals surface area contributed by atoms with Gasteiger partial charge in [0.15, 0.2) is 11.5 Å². The van der Waals surface area contributed by atoms with Gasteiger partial charge in [0.1, 0.15) is 5.69 Å². The van der Waals surface area contributed by atoms with Crippen LogP contribution in [-0.4, -0.2) is 29.7 Å². The van der Waals surface area contributed by atoms with E-state index in [0.29, 0.717) is 29.2 Å². The van der Waals surface area contributed by atoms with Crippen LogP contribution in [0.4, 0.5) is 0 Å². The highest BCUT2D eigenvalue weighted by molar-refractivity contribution is 5.93. The van der Waals surface area contributed by atoms with Crippen LogP contribution in [-0.2, 0) is 0 Å². The van der Waals surface area contributed by atoms with Gasteiger partial charge in [-0.2, -0.15) is 5.10 Å². The van der Waals surface area contributed by atoms with Crippen LogP contribution in [0.3, 0.4) is 0 Å². The topological polar surface area (TPSA) is 89.9 Å². The number of rotatable bonds is 7. The molecule has 0 spiro atoms. The van der Waals surface area contributed by atoms with Gasteiger partial charge in [0.25, 0.3) is 5.91 Å². The lowest BCUT2D eigenvalue weighted by molar-refractivity contribution is 0.0728. The number of nitrogens with one attached hydrogen (secondary N) is 1. The van der Waals surface area contributed by atoms with E-state index in [4.69, 9.17) is 9.47 Å². The van der Waals surface area contributed by atoms with Gasteiger partial charge >= 0.3 is 5.97 Å². The summed E-state index contributed by atoms with van der Waals surface area (Å²) >= 11 is 0. The number of nitrogens with zero attached hydrogens (tertiary/aromatic N) is 2. The van der Waals surface area contributed by atoms with E-state index in [9.17, 15) is 9.59 Å². The smallest absolute Gasteiger partial charge is 0.343 e. The number of esters is 1. The van der Waals surface area contributed by atoms with Crippen LogP contribution in [0.15, 0.2) is 78.0 Å². The van der Waals surface area contributed by atoms with E-state index < -0.39 is 11.9 Å². The number of ether oxygens (including phenoxy) is 2. The molecule has 0 unspecified atom stereocenters. The van der Waals surface area contributed by atoms with Gasteiger partial charge in [-0.05, 0) is 55.0 Å². The first kappa shape index (κ1) is 19.8. The normalized spacial score (nSPS) is 10.5. The largest absolute Gasteiger partial charge is 0.490 e. The van der Waals surface area contributed by atoms with Crippen LogP contribution >= 0.6 is 0 Å². The van der Waals surface area contributed by atoms with Gasteiger partial charge in [-0.15, -0.1) is 0 Å². The van der Waals surface area contributed by atoms with E-state index in [2.05, 4.69) is 15.5 Å². The zero-order chi connectivity index (χ0) is 20.5. The highest BCUT2D eigenvalue weighted by Gasteiger charge is 2.13. The molecule has 1 heterocycles. The number of aromatic nitrogens is 1. The zero-order valence-electron chi connectivity index (χ0n) is 15.7. The second-order valence-electron chi connectivity index (χ2n) is 5.81. The van der Waals surface area contributed by atoms with Crippen molar-refractivity contribution in [3.8, 4) is 11.5 Å². The van der Waals surface area contributed by atoms with Crippen molar-refractivity contribution in [2.24, 2.45) is 5.10 Å². The first-order valence-electron chi connectivity index (χ1n) is 8.96. The van der Waals surface area contributed by atoms with Crippen LogP contribution in [0.5, 0.6) is 11.5 Å². The molecule has 0 fully saturated rings. The van der Waals surface area contributed by atoms with Crippen molar-refractivity contribution in [1.82, 2.24) is 10.4 Å². The number of pyridine rings is 1. The number of amides is 1. The summed E-state index contributed by atoms with van der Waals surface area (Å²) in [6, 6.07) is 18.7. The second-order valence-corrected chi connectivity index (χ2v) is 5.81. The fourth-order valence-corrected chi connectivity index (χ4v) is 2.41. The summed E-state index contributed by atoms with van der Waals surface area (Å²) in [5, 5.41) is 3.93. The number of carbonyl (C=O) groups is 2. The summed E-state index contributed by atoms with van der Waals surface area (Å²) in [5.74, 6) is -0.192. The Balaban J connectivity index is 1.70. The summed E-state index contributed by atoms with van der Waals surface area (Å²) in [6.07, 6.45) is 2.99. The number of hydrogen-bond donors (Lipinski definition) is 1. The van der Waals surface area contributed by atoms with Crippen LogP contribution < -0.4 is 14.9 Å². The lowest BCUT2D eigenvalue weighted by Gasteiger charge is -2.11. The minimum Gasteiger partial charge on any atom is -0.490 e. The Morgan fingerprint density at radius 1 is 1.03 bits per heavy atom. The molecule has 0 aliphatic carbocycles. The molecule has 29 heavy (non-hydrogen) atoms. The molecule has 0 radical (unpaired) electrons. The van der Waals surface area contributed by atoms with Gasteiger partial charge in [0.05, 0.1) is 18.4 Å². The Morgan fingerprint density at radius 2 is 1.83 bits per heavy atom. The van der Waals surface area contributed by atoms with Crippen molar-refractivity contribution < 1.29 is 19.1 Å². The summed E-state index contributed by atoms with van der Waals surface area (Å²) in [5.41, 5.74) is 3.78. The van der Waals surface area contributed by atoms with E-state index in [0.717, 1.165) is 0 Å². The van der Waals surface area contributed by atoms with Gasteiger partial charge in [-0.3, -0.25) is 9.78 Å². The third-order valence-corrected chi connectivity index (χ3v) is 3.76. The molecule has 146 valence electrons. The first-order chi connectivity index (χ1) is 14.2. The quantitative estimate of drug-likeness (QED) is 0.289. The fourth-order valence-electron chi connectivity index (χ4n) is 2.41. The number of hydrogen-bond acceptors (Lipinski definition) is 6. The lowest BCUT2D eigenvalue weighted by Crippen LogP contribution is -2.18. The summed E-state index contributed by atoms with van der Waals surface area (Å²) in [7, 11) is 0. The van der Waals surface area contributed by atoms with Crippen molar-refractivity contribution in [2.75, 3.05) is 6.61 Å². The predicted octanol–water partition coefficient (Wildman–Crippen LogP) is 3.46. The predicted molar refractivity (Wildman–Crippen MR) is 108 cm³/mol. The molecule has 1 N–H and O–H groups in total. The van der Waals surface area contributed by atoms with E-state index in [1.807, 2.05) is 13.0 Å². The molecule has 0 atom stereocenters. The molecule has 0 saturated heterocycles. The molecule has 1 aromatic heterocycles. The Morgan fingerprint density at radius 3 is 2.55 bits per heavy atom. The van der Waals surface area contributed by atoms with E-state index >= 15 is 0 Å². The Hall–Kier alpha value is -4.00. The molecular weight excluding hydrogens is 370 g/mol. The van der Waals surface area contributed by atoms with Crippen LogP contribution in [0.2, 0.25) is 0 Å². The highest BCUT2D eigenvalue weighted by atomic mass is 16.6. The maximum absolute atomic E-state index is 12.3. The minimum atomic E-state index is -0.476. The monoisotopic (exact) mass is 389 g/mol. The standard InChI is InChI=1S/C22H19N3O4/c1-2-28-20-14-16(15-24-25-21(26)18-10-6-7-13-23-18)11-12-19(20)29-22(27)17-8-4-3-5-9-17/h3-15H,2H2,1H3,(H,25,26)/b24-15+. The Bertz CT molecular complexity index is 1010. The number of carbonyl (C=O) groups excluding carboxylic acids is 2. The summed E-state index contributed by atoms with van der Waals surface area (Å²) in [6.45, 7) is 2.23. The molecule has 1 amide bonds. The molecular formula is C22H19N3O4. The van der Waals surface area contributed by atoms with Crippen molar-refractivity contribution in [3.05, 3.63) is 89.7 Å². The van der Waals surface area contributed by atoms with Crippen molar-refractivity contribution in [3.63, 3.8) is 0 Å². The number of benzene rings is 2. The Kier molecular flexibility index (Phi) is 6.67. The Labute approximate surface area is 168 Å². The molecule has 0 bridgehead atoms. The maximum Gasteiger partial charge on any atom is 0.343 e. The maximum atomic E-state index is 12.3. The number of hydrazone groups is 1. The van der Waals surface area contributed by atoms with Gasteiger partial charge in [-0.25, -0.2) is 10.2 Å². The SMILES string of the molecule is CCOc1cc(/C=N/NC(=O)c2ccccn2)ccc1OC(=O)c1ccccc1. The first-order valence-corrected chi connectivity index (χ1v) is 8.96. The van der Waals surface area contributed by atoms with Crippen LogP contribution in [0.1, 0.15) is 33.3 Å². The van der Waals surface area contributed by atoms with Crippen molar-refractivity contribution in [2.45, 2.75) is 6.92 Å². The molecule has 3 rings (SSSR count). The van der Waals surface area contributed by atoms with Gasteiger partial charge < -0.3 is 9.47 Å². The molecule has 0 saturated carbocycles. The van der Waals surface area contributed by atoms with Crippen molar-refractivity contribution >= 4 is 18.1 Å². The average Bonchev–Trinajstić information content (AvgIpc) is 2.76. The average molecular weight is 389 g/mol. The third kappa shape index (κ3) is 5.49. The third-order valence-electron chi connectivity index (χ3n) is 3.76. The zero-order valence-corrected chi connectivity index (χ0v) is 15.7. The summed E-state index contributed by atoms with van der Waals surface area (Å²) < 4.78 is 11.0. The highest BCUT2D eigenvalue weighted by Crippen LogP contribution is 2.28. The molecule has 7 heteroatoms. The fraction of sp³-hybridized carbons (Fsp3) is 0.0909. The van der Waals surface area contributed by atoms with Crippen LogP contribution in [0, 0.1) is 0 Å². The van der Waals surface area contributed by atoms with E-state index in [1.165, 1.54) is 12.4 Å². The summed E-state index contributed by atoms with van der Waals surface area (Å²) in [4.78, 5) is 28.2. The van der Waals surface area contributed by atoms with Crippen molar-refractivity contribution in [1.29, 1.82) is 0 Å². The molecule has 2 aromatic carbocycles. The van der Waals surface area contributed by atoms with Gasteiger partial charge in [0, 0.05) is 6.20 Å². The minimum absolute atomic E-state index is 0.267.